The summed E-state index contributed by atoms with van der Waals surface area (Å²) in [6.45, 7) is 3.88. The number of hydrogen-bond acceptors (Lipinski definition) is 7. The molecule has 2 heterocycles. The number of hydrogen-bond donors (Lipinski definition) is 2. The van der Waals surface area contributed by atoms with Crippen LogP contribution in [-0.4, -0.2) is 43.6 Å². The molecule has 2 amide bonds. The second-order valence-corrected chi connectivity index (χ2v) is 7.08. The molecular weight excluding hydrogens is 398 g/mol. The molecule has 3 rings (SSSR count). The van der Waals surface area contributed by atoms with Crippen LogP contribution in [0.15, 0.2) is 48.8 Å². The van der Waals surface area contributed by atoms with Gasteiger partial charge >= 0.3 is 6.03 Å². The van der Waals surface area contributed by atoms with Crippen molar-refractivity contribution in [2.75, 3.05) is 7.05 Å². The fraction of sp³-hybridized carbons (Fsp3) is 0.238. The van der Waals surface area contributed by atoms with Crippen LogP contribution in [-0.2, 0) is 13.2 Å². The van der Waals surface area contributed by atoms with Gasteiger partial charge in [-0.25, -0.2) is 26.1 Å². The molecule has 4 N–H and O–H groups in total. The van der Waals surface area contributed by atoms with Crippen LogP contribution in [0.3, 0.4) is 0 Å². The van der Waals surface area contributed by atoms with Crippen molar-refractivity contribution in [2.24, 2.45) is 11.7 Å². The zero-order chi connectivity index (χ0) is 22.5. The predicted molar refractivity (Wildman–Crippen MR) is 114 cm³/mol. The van der Waals surface area contributed by atoms with E-state index in [-0.39, 0.29) is 18.9 Å². The number of hydrazine groups is 2. The fourth-order valence-electron chi connectivity index (χ4n) is 2.96. The minimum Gasteiger partial charge on any atom is -0.472 e. The van der Waals surface area contributed by atoms with E-state index >= 15 is 0 Å². The predicted octanol–water partition coefficient (Wildman–Crippen LogP) is 1.96. The lowest BCUT2D eigenvalue weighted by molar-refractivity contribution is 0.101. The molecule has 10 nitrogen and oxygen atoms in total. The Balaban J connectivity index is 1.72. The number of rotatable bonds is 7. The highest BCUT2D eigenvalue weighted by atomic mass is 16.5. The normalized spacial score (nSPS) is 10.6. The van der Waals surface area contributed by atoms with Gasteiger partial charge in [0.05, 0.1) is 6.54 Å². The van der Waals surface area contributed by atoms with Gasteiger partial charge < -0.3 is 4.74 Å². The van der Waals surface area contributed by atoms with Gasteiger partial charge in [-0.05, 0) is 42.7 Å². The van der Waals surface area contributed by atoms with E-state index in [0.717, 1.165) is 26.7 Å². The quantitative estimate of drug-likeness (QED) is 0.257. The molecule has 0 aliphatic heterocycles. The Morgan fingerprint density at radius 2 is 1.94 bits per heavy atom. The average Bonchev–Trinajstić information content (AvgIpc) is 3.21. The number of urea groups is 1. The summed E-state index contributed by atoms with van der Waals surface area (Å²) in [6, 6.07) is 10.4. The number of aryl methyl sites for hydroxylation is 1. The molecule has 3 aromatic rings. The molecule has 1 aromatic carbocycles. The van der Waals surface area contributed by atoms with Gasteiger partial charge in [0.2, 0.25) is 5.88 Å². The molecule has 162 valence electrons. The fourth-order valence-corrected chi connectivity index (χ4v) is 2.96. The Bertz CT molecular complexity index is 1080. The smallest absolute Gasteiger partial charge is 0.348 e. The first-order valence-corrected chi connectivity index (χ1v) is 9.54. The summed E-state index contributed by atoms with van der Waals surface area (Å²) < 4.78 is 7.44. The summed E-state index contributed by atoms with van der Waals surface area (Å²) in [6.07, 6.45) is 3.24. The molecule has 2 aromatic heterocycles. The molecule has 10 heteroatoms. The van der Waals surface area contributed by atoms with E-state index in [0.29, 0.717) is 17.3 Å². The van der Waals surface area contributed by atoms with E-state index in [4.69, 9.17) is 16.4 Å². The molecule has 0 atom stereocenters. The average molecular weight is 423 g/mol. The first-order valence-electron chi connectivity index (χ1n) is 9.54. The van der Waals surface area contributed by atoms with Crippen LogP contribution < -0.4 is 16.4 Å². The van der Waals surface area contributed by atoms with E-state index < -0.39 is 6.03 Å². The maximum atomic E-state index is 12.0. The van der Waals surface area contributed by atoms with E-state index in [9.17, 15) is 9.59 Å². The van der Waals surface area contributed by atoms with Crippen molar-refractivity contribution >= 4 is 11.8 Å². The largest absolute Gasteiger partial charge is 0.472 e. The Morgan fingerprint density at radius 1 is 1.16 bits per heavy atom. The Labute approximate surface area is 180 Å². The zero-order valence-electron chi connectivity index (χ0n) is 17.6. The highest BCUT2D eigenvalue weighted by molar-refractivity contribution is 5.93. The molecule has 0 unspecified atom stereocenters. The topological polar surface area (TPSA) is 133 Å². The third-order valence-corrected chi connectivity index (χ3v) is 4.71. The maximum Gasteiger partial charge on any atom is 0.348 e. The van der Waals surface area contributed by atoms with Gasteiger partial charge in [0.1, 0.15) is 6.61 Å². The van der Waals surface area contributed by atoms with Gasteiger partial charge in [-0.2, -0.15) is 0 Å². The number of nitrogens with two attached hydrogens (primary N) is 2. The number of Topliss-reactive ketones (excluding diaryl/α,β-unsaturated/α-hetero) is 1. The molecule has 0 saturated heterocycles. The lowest BCUT2D eigenvalue weighted by atomic mass is 10.0. The van der Waals surface area contributed by atoms with Crippen molar-refractivity contribution in [3.63, 3.8) is 0 Å². The Kier molecular flexibility index (Phi) is 6.63. The summed E-state index contributed by atoms with van der Waals surface area (Å²) in [4.78, 5) is 27.6. The molecule has 0 fully saturated rings. The molecule has 31 heavy (non-hydrogen) atoms. The number of pyridine rings is 1. The first kappa shape index (κ1) is 21.9. The molecule has 0 bridgehead atoms. The summed E-state index contributed by atoms with van der Waals surface area (Å²) in [5.41, 5.74) is 3.29. The van der Waals surface area contributed by atoms with E-state index in [2.05, 4.69) is 10.1 Å². The van der Waals surface area contributed by atoms with Crippen molar-refractivity contribution in [3.8, 4) is 11.7 Å². The Hall–Kier alpha value is -3.76. The first-order chi connectivity index (χ1) is 14.8. The number of benzene rings is 1. The van der Waals surface area contributed by atoms with Gasteiger partial charge in [-0.3, -0.25) is 14.8 Å². The maximum absolute atomic E-state index is 12.0. The van der Waals surface area contributed by atoms with Crippen LogP contribution >= 0.6 is 0 Å². The number of aromatic nitrogens is 3. The standard InChI is InChI=1S/C21H25N7O3/c1-14-5-4-6-17(12-27(23)21(30)26(3)22)18(14)13-31-20-9-10-28(25-20)19-8-7-16(11-24-19)15(2)29/h4-11H,12-13,22-23H2,1-3H3. The molecule has 0 radical (unpaired) electrons. The molecule has 0 spiro atoms. The Morgan fingerprint density at radius 3 is 2.58 bits per heavy atom. The van der Waals surface area contributed by atoms with Crippen LogP contribution in [0.4, 0.5) is 4.79 Å². The van der Waals surface area contributed by atoms with Crippen LogP contribution in [0, 0.1) is 6.92 Å². The number of ketones is 1. The third kappa shape index (κ3) is 5.24. The van der Waals surface area contributed by atoms with Gasteiger partial charge in [0.25, 0.3) is 0 Å². The SMILES string of the molecule is CC(=O)c1ccc(-n2ccc(OCc3c(C)cccc3CN(N)C(=O)N(C)N)n2)nc1. The summed E-state index contributed by atoms with van der Waals surface area (Å²) in [5.74, 6) is 12.3. The van der Waals surface area contributed by atoms with Gasteiger partial charge in [0.15, 0.2) is 11.6 Å². The zero-order valence-corrected chi connectivity index (χ0v) is 17.6. The van der Waals surface area contributed by atoms with Crippen LogP contribution in [0.5, 0.6) is 5.88 Å². The highest BCUT2D eigenvalue weighted by Crippen LogP contribution is 2.19. The van der Waals surface area contributed by atoms with Gasteiger partial charge in [0, 0.05) is 31.1 Å². The lowest BCUT2D eigenvalue weighted by Gasteiger charge is -2.22. The van der Waals surface area contributed by atoms with Crippen molar-refractivity contribution < 1.29 is 14.3 Å². The van der Waals surface area contributed by atoms with Crippen molar-refractivity contribution in [3.05, 3.63) is 71.0 Å². The molecule has 0 aliphatic rings. The van der Waals surface area contributed by atoms with Crippen molar-refractivity contribution in [2.45, 2.75) is 27.0 Å². The van der Waals surface area contributed by atoms with Gasteiger partial charge in [-0.1, -0.05) is 18.2 Å². The second-order valence-electron chi connectivity index (χ2n) is 7.08. The molecular formula is C21H25N7O3. The van der Waals surface area contributed by atoms with E-state index in [1.54, 1.807) is 29.1 Å². The minimum atomic E-state index is -0.504. The molecule has 0 aliphatic carbocycles. The van der Waals surface area contributed by atoms with Gasteiger partial charge in [-0.15, -0.1) is 5.10 Å². The summed E-state index contributed by atoms with van der Waals surface area (Å²) >= 11 is 0. The number of nitrogens with zero attached hydrogens (tertiary/aromatic N) is 5. The number of amides is 2. The summed E-state index contributed by atoms with van der Waals surface area (Å²) in [7, 11) is 1.43. The molecule has 0 saturated carbocycles. The van der Waals surface area contributed by atoms with Crippen molar-refractivity contribution in [1.82, 2.24) is 24.8 Å². The highest BCUT2D eigenvalue weighted by Gasteiger charge is 2.16. The number of ether oxygens (including phenoxy) is 1. The number of carbonyl (C=O) groups is 2. The second kappa shape index (κ2) is 9.37. The van der Waals surface area contributed by atoms with E-state index in [1.807, 2.05) is 25.1 Å². The third-order valence-electron chi connectivity index (χ3n) is 4.71. The van der Waals surface area contributed by atoms with Crippen LogP contribution in [0.1, 0.15) is 34.0 Å². The van der Waals surface area contributed by atoms with Crippen LogP contribution in [0.25, 0.3) is 5.82 Å². The van der Waals surface area contributed by atoms with E-state index in [1.165, 1.54) is 20.2 Å². The minimum absolute atomic E-state index is 0.0478. The lowest BCUT2D eigenvalue weighted by Crippen LogP contribution is -2.47. The summed E-state index contributed by atoms with van der Waals surface area (Å²) in [5, 5.41) is 6.35. The van der Waals surface area contributed by atoms with Crippen LogP contribution in [0.2, 0.25) is 0 Å². The number of carbonyl (C=O) groups excluding carboxylic acids is 2. The monoisotopic (exact) mass is 423 g/mol. The van der Waals surface area contributed by atoms with Crippen molar-refractivity contribution in [1.29, 1.82) is 0 Å².